The number of carbonyl (C=O) groups is 1. The first kappa shape index (κ1) is 19.8. The predicted octanol–water partition coefficient (Wildman–Crippen LogP) is 4.03. The molecular weight excluding hydrogens is 384 g/mol. The van der Waals surface area contributed by atoms with E-state index < -0.39 is 21.4 Å². The van der Waals surface area contributed by atoms with E-state index in [1.807, 2.05) is 30.3 Å². The molecular formula is C20H22O5S2. The van der Waals surface area contributed by atoms with Crippen molar-refractivity contribution >= 4 is 27.6 Å². The molecule has 1 heterocycles. The molecule has 0 amide bonds. The number of fused-ring (bicyclic) bond motifs is 1. The van der Waals surface area contributed by atoms with Gasteiger partial charge in [-0.25, -0.2) is 13.2 Å². The second-order valence-corrected chi connectivity index (χ2v) is 10.5. The fourth-order valence-electron chi connectivity index (χ4n) is 2.87. The van der Waals surface area contributed by atoms with Crippen LogP contribution in [0.15, 0.2) is 58.3 Å². The Morgan fingerprint density at radius 2 is 1.81 bits per heavy atom. The predicted molar refractivity (Wildman–Crippen MR) is 105 cm³/mol. The molecule has 144 valence electrons. The van der Waals surface area contributed by atoms with E-state index >= 15 is 0 Å². The lowest BCUT2D eigenvalue weighted by Crippen LogP contribution is -2.27. The molecule has 0 fully saturated rings. The Bertz CT molecular complexity index is 931. The molecule has 27 heavy (non-hydrogen) atoms. The van der Waals surface area contributed by atoms with Crippen LogP contribution < -0.4 is 4.74 Å². The standard InChI is InChI=1S/C20H22O5S2/c1-20(2,3)25-18(21)12-24-16-11-7-10-15-17(13-27(22,23)19(15)16)26-14-8-5-4-6-9-14/h4-11,17H,12-13H2,1-3H3. The number of thioether (sulfide) groups is 1. The van der Waals surface area contributed by atoms with Crippen LogP contribution in [0.3, 0.4) is 0 Å². The monoisotopic (exact) mass is 406 g/mol. The maximum Gasteiger partial charge on any atom is 0.344 e. The average molecular weight is 407 g/mol. The molecule has 5 nitrogen and oxygen atoms in total. The van der Waals surface area contributed by atoms with Crippen molar-refractivity contribution in [1.29, 1.82) is 0 Å². The summed E-state index contributed by atoms with van der Waals surface area (Å²) in [4.78, 5) is 13.1. The van der Waals surface area contributed by atoms with E-state index in [9.17, 15) is 13.2 Å². The summed E-state index contributed by atoms with van der Waals surface area (Å²) in [6, 6.07) is 14.8. The Morgan fingerprint density at radius 3 is 2.48 bits per heavy atom. The molecule has 1 aliphatic heterocycles. The SMILES string of the molecule is CC(C)(C)OC(=O)COc1cccc2c1S(=O)(=O)CC2Sc1ccccc1. The van der Waals surface area contributed by atoms with Gasteiger partial charge in [-0.05, 0) is 44.5 Å². The van der Waals surface area contributed by atoms with Gasteiger partial charge >= 0.3 is 5.97 Å². The Balaban J connectivity index is 1.82. The van der Waals surface area contributed by atoms with Gasteiger partial charge in [-0.3, -0.25) is 0 Å². The van der Waals surface area contributed by atoms with E-state index in [4.69, 9.17) is 9.47 Å². The van der Waals surface area contributed by atoms with Crippen molar-refractivity contribution in [3.63, 3.8) is 0 Å². The molecule has 1 atom stereocenters. The summed E-state index contributed by atoms with van der Waals surface area (Å²) in [5.41, 5.74) is 0.0910. The van der Waals surface area contributed by atoms with Crippen molar-refractivity contribution in [1.82, 2.24) is 0 Å². The number of ether oxygens (including phenoxy) is 2. The zero-order chi connectivity index (χ0) is 19.7. The van der Waals surface area contributed by atoms with E-state index in [1.165, 1.54) is 11.8 Å². The van der Waals surface area contributed by atoms with E-state index in [-0.39, 0.29) is 28.3 Å². The summed E-state index contributed by atoms with van der Waals surface area (Å²) in [5, 5.41) is -0.211. The summed E-state index contributed by atoms with van der Waals surface area (Å²) < 4.78 is 36.2. The van der Waals surface area contributed by atoms with Gasteiger partial charge in [0.1, 0.15) is 16.2 Å². The highest BCUT2D eigenvalue weighted by Gasteiger charge is 2.38. The Labute approximate surface area is 164 Å². The zero-order valence-corrected chi connectivity index (χ0v) is 17.1. The van der Waals surface area contributed by atoms with Crippen LogP contribution in [0.4, 0.5) is 0 Å². The molecule has 0 bridgehead atoms. The van der Waals surface area contributed by atoms with E-state index in [1.54, 1.807) is 39.0 Å². The fraction of sp³-hybridized carbons (Fsp3) is 0.350. The summed E-state index contributed by atoms with van der Waals surface area (Å²) in [5.74, 6) is -0.324. The van der Waals surface area contributed by atoms with Crippen LogP contribution in [0.1, 0.15) is 31.6 Å². The fourth-order valence-corrected chi connectivity index (χ4v) is 6.47. The number of benzene rings is 2. The van der Waals surface area contributed by atoms with Crippen LogP contribution in [0.25, 0.3) is 0 Å². The van der Waals surface area contributed by atoms with Crippen molar-refractivity contribution in [2.75, 3.05) is 12.4 Å². The second kappa shape index (κ2) is 7.56. The van der Waals surface area contributed by atoms with Gasteiger partial charge in [-0.2, -0.15) is 0 Å². The quantitative estimate of drug-likeness (QED) is 0.699. The molecule has 1 aliphatic rings. The summed E-state index contributed by atoms with van der Waals surface area (Å²) in [6.07, 6.45) is 0. The number of carbonyl (C=O) groups excluding carboxylic acids is 1. The zero-order valence-electron chi connectivity index (χ0n) is 15.5. The third kappa shape index (κ3) is 4.84. The van der Waals surface area contributed by atoms with E-state index in [0.717, 1.165) is 4.90 Å². The highest BCUT2D eigenvalue weighted by Crippen LogP contribution is 2.48. The number of sulfone groups is 1. The third-order valence-corrected chi connectivity index (χ3v) is 7.12. The molecule has 0 aliphatic carbocycles. The number of rotatable bonds is 5. The van der Waals surface area contributed by atoms with E-state index in [2.05, 4.69) is 0 Å². The van der Waals surface area contributed by atoms with Crippen molar-refractivity contribution < 1.29 is 22.7 Å². The lowest BCUT2D eigenvalue weighted by Gasteiger charge is -2.19. The Morgan fingerprint density at radius 1 is 1.11 bits per heavy atom. The third-order valence-electron chi connectivity index (χ3n) is 3.83. The molecule has 2 aromatic carbocycles. The van der Waals surface area contributed by atoms with Gasteiger partial charge < -0.3 is 9.47 Å². The normalized spacial score (nSPS) is 18.0. The Kier molecular flexibility index (Phi) is 5.53. The summed E-state index contributed by atoms with van der Waals surface area (Å²) in [7, 11) is -3.49. The first-order chi connectivity index (χ1) is 12.7. The molecule has 0 aromatic heterocycles. The van der Waals surface area contributed by atoms with Gasteiger partial charge in [0.25, 0.3) is 0 Å². The number of hydrogen-bond donors (Lipinski definition) is 0. The first-order valence-corrected chi connectivity index (χ1v) is 11.1. The Hall–Kier alpha value is -1.99. The van der Waals surface area contributed by atoms with Gasteiger partial charge in [0.2, 0.25) is 0 Å². The molecule has 0 N–H and O–H groups in total. The molecule has 7 heteroatoms. The number of esters is 1. The van der Waals surface area contributed by atoms with Crippen molar-refractivity contribution in [3.05, 3.63) is 54.1 Å². The van der Waals surface area contributed by atoms with Gasteiger partial charge in [-0.1, -0.05) is 30.3 Å². The minimum atomic E-state index is -3.49. The van der Waals surface area contributed by atoms with Crippen LogP contribution in [0, 0.1) is 0 Å². The van der Waals surface area contributed by atoms with Crippen molar-refractivity contribution in [3.8, 4) is 5.75 Å². The minimum Gasteiger partial charge on any atom is -0.481 e. The summed E-state index contributed by atoms with van der Waals surface area (Å²) in [6.45, 7) is 4.96. The molecule has 3 rings (SSSR count). The second-order valence-electron chi connectivity index (χ2n) is 7.25. The summed E-state index contributed by atoms with van der Waals surface area (Å²) >= 11 is 1.51. The molecule has 0 saturated heterocycles. The van der Waals surface area contributed by atoms with Gasteiger partial charge in [0.15, 0.2) is 16.4 Å². The molecule has 2 aromatic rings. The molecule has 0 spiro atoms. The van der Waals surface area contributed by atoms with Crippen LogP contribution in [-0.4, -0.2) is 32.3 Å². The molecule has 1 unspecified atom stereocenters. The van der Waals surface area contributed by atoms with Gasteiger partial charge in [-0.15, -0.1) is 11.8 Å². The van der Waals surface area contributed by atoms with Crippen LogP contribution in [-0.2, 0) is 19.4 Å². The van der Waals surface area contributed by atoms with Crippen molar-refractivity contribution in [2.24, 2.45) is 0 Å². The van der Waals surface area contributed by atoms with E-state index in [0.29, 0.717) is 5.56 Å². The largest absolute Gasteiger partial charge is 0.481 e. The van der Waals surface area contributed by atoms with Crippen LogP contribution in [0.5, 0.6) is 5.75 Å². The lowest BCUT2D eigenvalue weighted by molar-refractivity contribution is -0.157. The topological polar surface area (TPSA) is 69.7 Å². The highest BCUT2D eigenvalue weighted by atomic mass is 32.2. The maximum absolute atomic E-state index is 12.7. The van der Waals surface area contributed by atoms with Crippen molar-refractivity contribution in [2.45, 2.75) is 41.4 Å². The van der Waals surface area contributed by atoms with Gasteiger partial charge in [0, 0.05) is 4.90 Å². The van der Waals surface area contributed by atoms with Gasteiger partial charge in [0.05, 0.1) is 11.0 Å². The molecule has 0 radical (unpaired) electrons. The maximum atomic E-state index is 12.7. The minimum absolute atomic E-state index is 0.00864. The smallest absolute Gasteiger partial charge is 0.344 e. The number of hydrogen-bond acceptors (Lipinski definition) is 6. The van der Waals surface area contributed by atoms with Crippen LogP contribution >= 0.6 is 11.8 Å². The van der Waals surface area contributed by atoms with Crippen LogP contribution in [0.2, 0.25) is 0 Å². The highest BCUT2D eigenvalue weighted by molar-refractivity contribution is 8.01. The molecule has 0 saturated carbocycles. The average Bonchev–Trinajstić information content (AvgIpc) is 2.83. The first-order valence-electron chi connectivity index (χ1n) is 8.58. The lowest BCUT2D eigenvalue weighted by atomic mass is 10.1.